The third kappa shape index (κ3) is 2.76. The predicted molar refractivity (Wildman–Crippen MR) is 67.6 cm³/mol. The third-order valence-electron chi connectivity index (χ3n) is 3.11. The van der Waals surface area contributed by atoms with Crippen molar-refractivity contribution in [3.63, 3.8) is 0 Å². The lowest BCUT2D eigenvalue weighted by molar-refractivity contribution is 0.441. The van der Waals surface area contributed by atoms with Crippen LogP contribution in [0.25, 0.3) is 0 Å². The highest BCUT2D eigenvalue weighted by Crippen LogP contribution is 2.41. The van der Waals surface area contributed by atoms with Crippen molar-refractivity contribution in [2.75, 3.05) is 12.8 Å². The fourth-order valence-electron chi connectivity index (χ4n) is 1.78. The summed E-state index contributed by atoms with van der Waals surface area (Å²) in [4.78, 5) is 8.49. The second-order valence-corrected chi connectivity index (χ2v) is 5.38. The minimum Gasteiger partial charge on any atom is -0.302 e. The van der Waals surface area contributed by atoms with Gasteiger partial charge in [0.15, 0.2) is 5.16 Å². The Morgan fingerprint density at radius 1 is 1.53 bits per heavy atom. The number of nitrogens with one attached hydrogen (secondary N) is 1. The molecule has 5 heteroatoms. The summed E-state index contributed by atoms with van der Waals surface area (Å²) in [6.45, 7) is 1.96. The van der Waals surface area contributed by atoms with Crippen LogP contribution in [0.3, 0.4) is 0 Å². The Hall–Kier alpha value is -1.12. The molecule has 1 aromatic heterocycles. The second kappa shape index (κ2) is 5.03. The molecule has 0 aliphatic heterocycles. The van der Waals surface area contributed by atoms with E-state index in [2.05, 4.69) is 21.4 Å². The molecule has 1 N–H and O–H groups in total. The number of thioether (sulfide) groups is 1. The van der Waals surface area contributed by atoms with Crippen LogP contribution in [0, 0.1) is 24.2 Å². The number of nitrogens with zero attached hydrogens (tertiary/aromatic N) is 3. The molecule has 1 aliphatic rings. The predicted octanol–water partition coefficient (Wildman–Crippen LogP) is 1.77. The maximum Gasteiger partial charge on any atom is 0.187 e. The van der Waals surface area contributed by atoms with Crippen LogP contribution in [0.1, 0.15) is 18.4 Å². The zero-order valence-corrected chi connectivity index (χ0v) is 10.9. The van der Waals surface area contributed by atoms with Gasteiger partial charge < -0.3 is 5.32 Å². The molecule has 4 nitrogen and oxygen atoms in total. The molecule has 1 atom stereocenters. The van der Waals surface area contributed by atoms with Crippen LogP contribution >= 0.6 is 11.8 Å². The molecule has 0 saturated heterocycles. The van der Waals surface area contributed by atoms with Crippen molar-refractivity contribution in [2.45, 2.75) is 30.5 Å². The van der Waals surface area contributed by atoms with E-state index in [1.54, 1.807) is 24.2 Å². The SMILES string of the molecule is CNC(C#N)(CSc1ncc(C)cn1)C1CC1. The van der Waals surface area contributed by atoms with E-state index in [9.17, 15) is 5.26 Å². The standard InChI is InChI=1S/C12H16N4S/c1-9-5-15-11(16-6-9)17-8-12(7-13,14-2)10-3-4-10/h5-6,10,14H,3-4,8H2,1-2H3. The summed E-state index contributed by atoms with van der Waals surface area (Å²) in [5.74, 6) is 1.18. The summed E-state index contributed by atoms with van der Waals surface area (Å²) in [6.07, 6.45) is 5.90. The molecule has 17 heavy (non-hydrogen) atoms. The Kier molecular flexibility index (Phi) is 3.65. The van der Waals surface area contributed by atoms with E-state index in [1.165, 1.54) is 0 Å². The Balaban J connectivity index is 2.00. The Morgan fingerprint density at radius 3 is 2.65 bits per heavy atom. The van der Waals surface area contributed by atoms with Gasteiger partial charge in [-0.1, -0.05) is 11.8 Å². The van der Waals surface area contributed by atoms with Crippen molar-refractivity contribution in [3.05, 3.63) is 18.0 Å². The van der Waals surface area contributed by atoms with Gasteiger partial charge in [-0.2, -0.15) is 5.26 Å². The number of nitriles is 1. The largest absolute Gasteiger partial charge is 0.302 e. The van der Waals surface area contributed by atoms with Crippen molar-refractivity contribution < 1.29 is 0 Å². The van der Waals surface area contributed by atoms with Crippen molar-refractivity contribution in [1.82, 2.24) is 15.3 Å². The first-order chi connectivity index (χ1) is 8.20. The summed E-state index contributed by atoms with van der Waals surface area (Å²) in [5, 5.41) is 13.3. The van der Waals surface area contributed by atoms with Gasteiger partial charge in [0.25, 0.3) is 0 Å². The molecule has 1 saturated carbocycles. The van der Waals surface area contributed by atoms with Gasteiger partial charge in [0.2, 0.25) is 0 Å². The lowest BCUT2D eigenvalue weighted by Crippen LogP contribution is -2.46. The van der Waals surface area contributed by atoms with E-state index in [0.29, 0.717) is 11.7 Å². The zero-order valence-electron chi connectivity index (χ0n) is 10.1. The maximum atomic E-state index is 9.34. The van der Waals surface area contributed by atoms with E-state index in [0.717, 1.165) is 23.6 Å². The molecule has 1 fully saturated rings. The molecule has 0 aromatic carbocycles. The van der Waals surface area contributed by atoms with E-state index < -0.39 is 5.54 Å². The maximum absolute atomic E-state index is 9.34. The molecule has 2 rings (SSSR count). The Labute approximate surface area is 106 Å². The second-order valence-electron chi connectivity index (χ2n) is 4.44. The van der Waals surface area contributed by atoms with Crippen LogP contribution in [-0.2, 0) is 0 Å². The van der Waals surface area contributed by atoms with Gasteiger partial charge in [0.1, 0.15) is 5.54 Å². The fourth-order valence-corrected chi connectivity index (χ4v) is 2.84. The van der Waals surface area contributed by atoms with Crippen molar-refractivity contribution >= 4 is 11.8 Å². The van der Waals surface area contributed by atoms with Crippen molar-refractivity contribution in [3.8, 4) is 6.07 Å². The van der Waals surface area contributed by atoms with Gasteiger partial charge in [-0.15, -0.1) is 0 Å². The zero-order chi connectivity index (χ0) is 12.3. The highest BCUT2D eigenvalue weighted by molar-refractivity contribution is 7.99. The van der Waals surface area contributed by atoms with Gasteiger partial charge in [-0.3, -0.25) is 0 Å². The third-order valence-corrected chi connectivity index (χ3v) is 4.17. The van der Waals surface area contributed by atoms with E-state index in [4.69, 9.17) is 0 Å². The lowest BCUT2D eigenvalue weighted by Gasteiger charge is -2.24. The summed E-state index contributed by atoms with van der Waals surface area (Å²) in [7, 11) is 1.86. The van der Waals surface area contributed by atoms with E-state index in [-0.39, 0.29) is 0 Å². The lowest BCUT2D eigenvalue weighted by atomic mass is 9.98. The Morgan fingerprint density at radius 2 is 2.18 bits per heavy atom. The highest BCUT2D eigenvalue weighted by Gasteiger charge is 2.44. The van der Waals surface area contributed by atoms with E-state index >= 15 is 0 Å². The van der Waals surface area contributed by atoms with Gasteiger partial charge in [0, 0.05) is 18.1 Å². The first kappa shape index (κ1) is 12.3. The first-order valence-corrected chi connectivity index (χ1v) is 6.70. The topological polar surface area (TPSA) is 61.6 Å². The number of aromatic nitrogens is 2. The molecule has 0 amide bonds. The number of hydrogen-bond acceptors (Lipinski definition) is 5. The van der Waals surface area contributed by atoms with Crippen LogP contribution < -0.4 is 5.32 Å². The molecule has 1 heterocycles. The molecule has 0 spiro atoms. The molecule has 90 valence electrons. The van der Waals surface area contributed by atoms with Crippen molar-refractivity contribution in [2.24, 2.45) is 5.92 Å². The monoisotopic (exact) mass is 248 g/mol. The van der Waals surface area contributed by atoms with Gasteiger partial charge in [0.05, 0.1) is 6.07 Å². The molecule has 1 unspecified atom stereocenters. The number of rotatable bonds is 5. The number of aryl methyl sites for hydroxylation is 1. The molecule has 1 aliphatic carbocycles. The normalized spacial score (nSPS) is 18.4. The Bertz CT molecular complexity index is 421. The minimum absolute atomic E-state index is 0.418. The highest BCUT2D eigenvalue weighted by atomic mass is 32.2. The summed E-state index contributed by atoms with van der Waals surface area (Å²) in [5.41, 5.74) is 0.635. The smallest absolute Gasteiger partial charge is 0.187 e. The fraction of sp³-hybridized carbons (Fsp3) is 0.583. The summed E-state index contributed by atoms with van der Waals surface area (Å²) in [6, 6.07) is 2.42. The van der Waals surface area contributed by atoms with Crippen molar-refractivity contribution in [1.29, 1.82) is 5.26 Å². The summed E-state index contributed by atoms with van der Waals surface area (Å²) < 4.78 is 0. The van der Waals surface area contributed by atoms with Crippen LogP contribution in [0.4, 0.5) is 0 Å². The number of hydrogen-bond donors (Lipinski definition) is 1. The molecule has 0 bridgehead atoms. The average molecular weight is 248 g/mol. The first-order valence-electron chi connectivity index (χ1n) is 5.72. The molecular formula is C12H16N4S. The van der Waals surface area contributed by atoms with Crippen LogP contribution in [0.5, 0.6) is 0 Å². The van der Waals surface area contributed by atoms with Crippen LogP contribution in [0.15, 0.2) is 17.6 Å². The van der Waals surface area contributed by atoms with Crippen LogP contribution in [0.2, 0.25) is 0 Å². The van der Waals surface area contributed by atoms with Crippen LogP contribution in [-0.4, -0.2) is 28.3 Å². The minimum atomic E-state index is -0.418. The van der Waals surface area contributed by atoms with Gasteiger partial charge in [-0.25, -0.2) is 9.97 Å². The molecular weight excluding hydrogens is 232 g/mol. The van der Waals surface area contributed by atoms with E-state index in [1.807, 2.05) is 14.0 Å². The van der Waals surface area contributed by atoms with Gasteiger partial charge >= 0.3 is 0 Å². The average Bonchev–Trinajstić information content (AvgIpc) is 3.18. The summed E-state index contributed by atoms with van der Waals surface area (Å²) >= 11 is 1.55. The molecule has 0 radical (unpaired) electrons. The quantitative estimate of drug-likeness (QED) is 0.635. The molecule has 1 aromatic rings. The van der Waals surface area contributed by atoms with Gasteiger partial charge in [-0.05, 0) is 38.3 Å².